The number of hydrogen-bond donors (Lipinski definition) is 0. The van der Waals surface area contributed by atoms with E-state index in [1.54, 1.807) is 0 Å². The summed E-state index contributed by atoms with van der Waals surface area (Å²) in [6.07, 6.45) is 5.85. The van der Waals surface area contributed by atoms with Crippen LogP contribution >= 0.6 is 0 Å². The molecular weight excluding hydrogens is 276 g/mol. The molecule has 4 nitrogen and oxygen atoms in total. The monoisotopic (exact) mass is 294 g/mol. The van der Waals surface area contributed by atoms with Crippen LogP contribution in [0.4, 0.5) is 0 Å². The van der Waals surface area contributed by atoms with Crippen molar-refractivity contribution in [2.75, 3.05) is 6.61 Å². The quantitative estimate of drug-likeness (QED) is 0.687. The molecule has 0 unspecified atom stereocenters. The van der Waals surface area contributed by atoms with Gasteiger partial charge in [0.1, 0.15) is 0 Å². The van der Waals surface area contributed by atoms with E-state index in [1.807, 2.05) is 84.3 Å². The zero-order chi connectivity index (χ0) is 15.5. The third-order valence-corrected chi connectivity index (χ3v) is 3.63. The summed E-state index contributed by atoms with van der Waals surface area (Å²) in [6.45, 7) is 4.11. The average Bonchev–Trinajstić information content (AvgIpc) is 3.16. The van der Waals surface area contributed by atoms with E-state index < -0.39 is 0 Å². The summed E-state index contributed by atoms with van der Waals surface area (Å²) in [6, 6.07) is 13.8. The first-order valence-corrected chi connectivity index (χ1v) is 7.30. The predicted molar refractivity (Wildman–Crippen MR) is 85.8 cm³/mol. The van der Waals surface area contributed by atoms with Crippen molar-refractivity contribution in [1.82, 2.24) is 9.35 Å². The molecule has 0 radical (unpaired) electrons. The summed E-state index contributed by atoms with van der Waals surface area (Å²) in [5.74, 6) is -0.287. The third-order valence-electron chi connectivity index (χ3n) is 3.63. The maximum Gasteiger partial charge on any atom is 0.340 e. The summed E-state index contributed by atoms with van der Waals surface area (Å²) >= 11 is 0. The van der Waals surface area contributed by atoms with E-state index in [4.69, 9.17) is 4.74 Å². The van der Waals surface area contributed by atoms with E-state index in [2.05, 4.69) is 0 Å². The van der Waals surface area contributed by atoms with Crippen LogP contribution in [0.25, 0.3) is 11.1 Å². The zero-order valence-electron chi connectivity index (χ0n) is 12.7. The number of esters is 1. The minimum Gasteiger partial charge on any atom is -0.462 e. The normalized spacial score (nSPS) is 10.6. The molecule has 0 aliphatic carbocycles. The molecule has 0 fully saturated rings. The van der Waals surface area contributed by atoms with Crippen LogP contribution in [-0.2, 0) is 4.74 Å². The van der Waals surface area contributed by atoms with Crippen LogP contribution in [0.5, 0.6) is 0 Å². The summed E-state index contributed by atoms with van der Waals surface area (Å²) in [4.78, 5) is 12.4. The number of hydrogen-bond acceptors (Lipinski definition) is 2. The molecule has 0 bridgehead atoms. The first-order valence-electron chi connectivity index (χ1n) is 7.30. The van der Waals surface area contributed by atoms with Crippen LogP contribution in [-0.4, -0.2) is 21.9 Å². The van der Waals surface area contributed by atoms with Gasteiger partial charge in [0, 0.05) is 24.2 Å². The van der Waals surface area contributed by atoms with Gasteiger partial charge in [-0.2, -0.15) is 0 Å². The van der Waals surface area contributed by atoms with E-state index in [0.717, 1.165) is 16.8 Å². The second-order valence-corrected chi connectivity index (χ2v) is 5.00. The van der Waals surface area contributed by atoms with Gasteiger partial charge in [0.2, 0.25) is 0 Å². The Labute approximate surface area is 129 Å². The molecule has 22 heavy (non-hydrogen) atoms. The van der Waals surface area contributed by atoms with E-state index in [0.29, 0.717) is 12.2 Å². The molecule has 0 saturated carbocycles. The van der Waals surface area contributed by atoms with Gasteiger partial charge in [-0.15, -0.1) is 0 Å². The summed E-state index contributed by atoms with van der Waals surface area (Å²) in [5, 5.41) is 0. The largest absolute Gasteiger partial charge is 0.462 e. The van der Waals surface area contributed by atoms with Gasteiger partial charge in [0.15, 0.2) is 0 Å². The lowest BCUT2D eigenvalue weighted by Gasteiger charge is -2.08. The molecule has 2 heterocycles. The molecule has 1 aromatic carbocycles. The first kappa shape index (κ1) is 14.2. The Morgan fingerprint density at radius 3 is 2.41 bits per heavy atom. The van der Waals surface area contributed by atoms with E-state index in [9.17, 15) is 4.79 Å². The van der Waals surface area contributed by atoms with Crippen molar-refractivity contribution in [3.63, 3.8) is 0 Å². The Hall–Kier alpha value is -2.75. The fraction of sp³-hybridized carbons (Fsp3) is 0.167. The minimum absolute atomic E-state index is 0.287. The van der Waals surface area contributed by atoms with Gasteiger partial charge in [0.25, 0.3) is 0 Å². The van der Waals surface area contributed by atoms with Gasteiger partial charge in [-0.05, 0) is 31.5 Å². The number of carbonyl (C=O) groups is 1. The van der Waals surface area contributed by atoms with E-state index in [1.165, 1.54) is 0 Å². The van der Waals surface area contributed by atoms with Crippen molar-refractivity contribution in [1.29, 1.82) is 0 Å². The topological polar surface area (TPSA) is 36.2 Å². The van der Waals surface area contributed by atoms with E-state index >= 15 is 0 Å². The van der Waals surface area contributed by atoms with Gasteiger partial charge in [-0.25, -0.2) is 4.79 Å². The molecule has 4 heteroatoms. The van der Waals surface area contributed by atoms with Crippen LogP contribution in [0.1, 0.15) is 23.0 Å². The zero-order valence-corrected chi connectivity index (χ0v) is 12.7. The van der Waals surface area contributed by atoms with Crippen LogP contribution < -0.4 is 0 Å². The third kappa shape index (κ3) is 2.44. The van der Waals surface area contributed by atoms with Crippen LogP contribution in [0.3, 0.4) is 0 Å². The number of aromatic nitrogens is 2. The second kappa shape index (κ2) is 5.93. The number of ether oxygens (including phenoxy) is 1. The summed E-state index contributed by atoms with van der Waals surface area (Å²) < 4.78 is 9.13. The Balaban J connectivity index is 2.19. The highest BCUT2D eigenvalue weighted by molar-refractivity contribution is 5.98. The SMILES string of the molecule is CCOC(=O)c1c(-c2ccccc2)cn(-n2cccc2)c1C. The van der Waals surface area contributed by atoms with Crippen molar-refractivity contribution in [2.45, 2.75) is 13.8 Å². The van der Waals surface area contributed by atoms with Gasteiger partial charge >= 0.3 is 5.97 Å². The fourth-order valence-corrected chi connectivity index (χ4v) is 2.60. The van der Waals surface area contributed by atoms with Gasteiger partial charge in [-0.1, -0.05) is 30.3 Å². The van der Waals surface area contributed by atoms with Crippen LogP contribution in [0.15, 0.2) is 61.1 Å². The average molecular weight is 294 g/mol. The van der Waals surface area contributed by atoms with Crippen molar-refractivity contribution in [2.24, 2.45) is 0 Å². The van der Waals surface area contributed by atoms with Crippen LogP contribution in [0, 0.1) is 6.92 Å². The lowest BCUT2D eigenvalue weighted by molar-refractivity contribution is 0.0526. The van der Waals surface area contributed by atoms with Crippen molar-refractivity contribution in [3.05, 3.63) is 72.3 Å². The van der Waals surface area contributed by atoms with Gasteiger partial charge < -0.3 is 4.74 Å². The van der Waals surface area contributed by atoms with Crippen molar-refractivity contribution in [3.8, 4) is 11.1 Å². The number of benzene rings is 1. The molecule has 0 spiro atoms. The van der Waals surface area contributed by atoms with Crippen molar-refractivity contribution >= 4 is 5.97 Å². The summed E-state index contributed by atoms with van der Waals surface area (Å²) in [7, 11) is 0. The Kier molecular flexibility index (Phi) is 3.83. The van der Waals surface area contributed by atoms with E-state index in [-0.39, 0.29) is 5.97 Å². The highest BCUT2D eigenvalue weighted by atomic mass is 16.5. The molecule has 3 aromatic rings. The maximum atomic E-state index is 12.4. The Bertz CT molecular complexity index is 771. The maximum absolute atomic E-state index is 12.4. The lowest BCUT2D eigenvalue weighted by atomic mass is 10.0. The molecule has 3 rings (SSSR count). The highest BCUT2D eigenvalue weighted by Crippen LogP contribution is 2.29. The predicted octanol–water partition coefficient (Wildman–Crippen LogP) is 3.75. The molecule has 0 amide bonds. The fourth-order valence-electron chi connectivity index (χ4n) is 2.60. The standard InChI is InChI=1S/C18H18N2O2/c1-3-22-18(21)17-14(2)20(19-11-7-8-12-19)13-16(17)15-9-5-4-6-10-15/h4-13H,3H2,1-2H3. The second-order valence-electron chi connectivity index (χ2n) is 5.00. The smallest absolute Gasteiger partial charge is 0.340 e. The molecule has 112 valence electrons. The Morgan fingerprint density at radius 2 is 1.77 bits per heavy atom. The minimum atomic E-state index is -0.287. The number of rotatable bonds is 4. The molecule has 0 N–H and O–H groups in total. The Morgan fingerprint density at radius 1 is 1.09 bits per heavy atom. The number of carbonyl (C=O) groups excluding carboxylic acids is 1. The summed E-state index contributed by atoms with van der Waals surface area (Å²) in [5.41, 5.74) is 3.35. The molecule has 0 aliphatic rings. The molecule has 2 aromatic heterocycles. The molecule has 0 saturated heterocycles. The molecule has 0 aliphatic heterocycles. The van der Waals surface area contributed by atoms with Gasteiger partial charge in [-0.3, -0.25) is 9.35 Å². The van der Waals surface area contributed by atoms with Gasteiger partial charge in [0.05, 0.1) is 17.9 Å². The van der Waals surface area contributed by atoms with Crippen molar-refractivity contribution < 1.29 is 9.53 Å². The molecular formula is C18H18N2O2. The highest BCUT2D eigenvalue weighted by Gasteiger charge is 2.22. The number of nitrogens with zero attached hydrogens (tertiary/aromatic N) is 2. The van der Waals surface area contributed by atoms with Crippen LogP contribution in [0.2, 0.25) is 0 Å². The lowest BCUT2D eigenvalue weighted by Crippen LogP contribution is -2.10. The first-order chi connectivity index (χ1) is 10.7. The molecule has 0 atom stereocenters.